The molecule has 0 heterocycles. The third-order valence-corrected chi connectivity index (χ3v) is 3.71. The third-order valence-electron chi connectivity index (χ3n) is 2.97. The van der Waals surface area contributed by atoms with Gasteiger partial charge < -0.3 is 5.32 Å². The van der Waals surface area contributed by atoms with E-state index in [1.54, 1.807) is 0 Å². The summed E-state index contributed by atoms with van der Waals surface area (Å²) in [6.07, 6.45) is 3.72. The first-order valence-electron chi connectivity index (χ1n) is 6.25. The molecule has 1 nitrogen and oxygen atoms in total. The molecule has 1 aromatic carbocycles. The highest BCUT2D eigenvalue weighted by molar-refractivity contribution is 6.42. The van der Waals surface area contributed by atoms with Crippen LogP contribution in [-0.4, -0.2) is 6.04 Å². The van der Waals surface area contributed by atoms with Crippen LogP contribution >= 0.6 is 23.2 Å². The molecule has 1 N–H and O–H groups in total. The van der Waals surface area contributed by atoms with Crippen LogP contribution in [0.15, 0.2) is 18.2 Å². The van der Waals surface area contributed by atoms with Crippen LogP contribution in [0.3, 0.4) is 0 Å². The van der Waals surface area contributed by atoms with Crippen LogP contribution in [0.5, 0.6) is 0 Å². The molecule has 0 saturated carbocycles. The summed E-state index contributed by atoms with van der Waals surface area (Å²) >= 11 is 11.9. The van der Waals surface area contributed by atoms with Crippen molar-refractivity contribution < 1.29 is 0 Å². The van der Waals surface area contributed by atoms with Crippen molar-refractivity contribution in [3.63, 3.8) is 0 Å². The highest BCUT2D eigenvalue weighted by Crippen LogP contribution is 2.25. The van der Waals surface area contributed by atoms with Gasteiger partial charge in [-0.1, -0.05) is 49.0 Å². The topological polar surface area (TPSA) is 12.0 Å². The summed E-state index contributed by atoms with van der Waals surface area (Å²) in [5.41, 5.74) is 1.18. The molecule has 0 aromatic heterocycles. The standard InChI is InChI=1S/C14H21Cl2N/c1-4-5-6-10(2)17-11(3)12-7-8-13(15)14(16)9-12/h7-11,17H,4-6H2,1-3H3. The first kappa shape index (κ1) is 14.8. The summed E-state index contributed by atoms with van der Waals surface area (Å²) in [4.78, 5) is 0. The number of hydrogen-bond donors (Lipinski definition) is 1. The smallest absolute Gasteiger partial charge is 0.0595 e. The molecule has 0 radical (unpaired) electrons. The Labute approximate surface area is 115 Å². The molecule has 0 amide bonds. The minimum Gasteiger partial charge on any atom is -0.308 e. The number of unbranched alkanes of at least 4 members (excludes halogenated alkanes) is 1. The Hall–Kier alpha value is -0.240. The van der Waals surface area contributed by atoms with Crippen molar-refractivity contribution in [3.8, 4) is 0 Å². The fourth-order valence-electron chi connectivity index (χ4n) is 1.90. The van der Waals surface area contributed by atoms with E-state index in [2.05, 4.69) is 26.1 Å². The van der Waals surface area contributed by atoms with Crippen molar-refractivity contribution in [2.45, 2.75) is 52.1 Å². The van der Waals surface area contributed by atoms with E-state index in [-0.39, 0.29) is 0 Å². The lowest BCUT2D eigenvalue weighted by atomic mass is 10.1. The highest BCUT2D eigenvalue weighted by atomic mass is 35.5. The van der Waals surface area contributed by atoms with E-state index >= 15 is 0 Å². The molecule has 17 heavy (non-hydrogen) atoms. The minimum absolute atomic E-state index is 0.302. The van der Waals surface area contributed by atoms with Crippen molar-refractivity contribution >= 4 is 23.2 Å². The summed E-state index contributed by atoms with van der Waals surface area (Å²) in [7, 11) is 0. The molecule has 1 aromatic rings. The van der Waals surface area contributed by atoms with Gasteiger partial charge in [-0.2, -0.15) is 0 Å². The van der Waals surface area contributed by atoms with E-state index < -0.39 is 0 Å². The molecule has 0 aliphatic heterocycles. The van der Waals surface area contributed by atoms with Gasteiger partial charge in [0.05, 0.1) is 10.0 Å². The number of hydrogen-bond acceptors (Lipinski definition) is 1. The van der Waals surface area contributed by atoms with Crippen molar-refractivity contribution in [3.05, 3.63) is 33.8 Å². The fraction of sp³-hybridized carbons (Fsp3) is 0.571. The van der Waals surface area contributed by atoms with E-state index in [1.807, 2.05) is 18.2 Å². The maximum atomic E-state index is 6.02. The molecular weight excluding hydrogens is 253 g/mol. The van der Waals surface area contributed by atoms with Crippen LogP contribution < -0.4 is 5.32 Å². The molecule has 0 bridgehead atoms. The Kier molecular flexibility index (Phi) is 6.32. The number of rotatable bonds is 6. The number of benzene rings is 1. The molecule has 0 fully saturated rings. The second kappa shape index (κ2) is 7.25. The maximum Gasteiger partial charge on any atom is 0.0595 e. The zero-order chi connectivity index (χ0) is 12.8. The van der Waals surface area contributed by atoms with Gasteiger partial charge in [0.2, 0.25) is 0 Å². The second-order valence-electron chi connectivity index (χ2n) is 4.61. The van der Waals surface area contributed by atoms with Gasteiger partial charge in [0.25, 0.3) is 0 Å². The lowest BCUT2D eigenvalue weighted by molar-refractivity contribution is 0.444. The van der Waals surface area contributed by atoms with Crippen LogP contribution in [0.25, 0.3) is 0 Å². The van der Waals surface area contributed by atoms with Gasteiger partial charge in [-0.05, 0) is 38.0 Å². The van der Waals surface area contributed by atoms with E-state index in [1.165, 1.54) is 24.8 Å². The molecule has 2 atom stereocenters. The summed E-state index contributed by atoms with van der Waals surface area (Å²) in [5.74, 6) is 0. The molecule has 0 aliphatic carbocycles. The van der Waals surface area contributed by atoms with E-state index in [0.717, 1.165) is 0 Å². The van der Waals surface area contributed by atoms with Gasteiger partial charge in [-0.3, -0.25) is 0 Å². The maximum absolute atomic E-state index is 6.02. The molecule has 3 heteroatoms. The Bertz CT molecular complexity index is 352. The molecule has 0 aliphatic rings. The molecular formula is C14H21Cl2N. The predicted molar refractivity (Wildman–Crippen MR) is 77.0 cm³/mol. The summed E-state index contributed by atoms with van der Waals surface area (Å²) in [6.45, 7) is 6.60. The largest absolute Gasteiger partial charge is 0.308 e. The van der Waals surface area contributed by atoms with Crippen LogP contribution in [-0.2, 0) is 0 Å². The molecule has 0 saturated heterocycles. The van der Waals surface area contributed by atoms with E-state index in [4.69, 9.17) is 23.2 Å². The fourth-order valence-corrected chi connectivity index (χ4v) is 2.20. The summed E-state index contributed by atoms with van der Waals surface area (Å²) in [5, 5.41) is 4.81. The second-order valence-corrected chi connectivity index (χ2v) is 5.42. The summed E-state index contributed by atoms with van der Waals surface area (Å²) in [6, 6.07) is 6.65. The van der Waals surface area contributed by atoms with Gasteiger partial charge in [0.1, 0.15) is 0 Å². The van der Waals surface area contributed by atoms with Crippen molar-refractivity contribution in [2.75, 3.05) is 0 Å². The minimum atomic E-state index is 0.302. The monoisotopic (exact) mass is 273 g/mol. The summed E-state index contributed by atoms with van der Waals surface area (Å²) < 4.78 is 0. The van der Waals surface area contributed by atoms with Crippen LogP contribution in [0.1, 0.15) is 51.6 Å². The van der Waals surface area contributed by atoms with Crippen molar-refractivity contribution in [2.24, 2.45) is 0 Å². The lowest BCUT2D eigenvalue weighted by Crippen LogP contribution is -2.28. The number of halogens is 2. The van der Waals surface area contributed by atoms with Gasteiger partial charge in [0.15, 0.2) is 0 Å². The quantitative estimate of drug-likeness (QED) is 0.749. The zero-order valence-corrected chi connectivity index (χ0v) is 12.3. The Morgan fingerprint density at radius 3 is 2.47 bits per heavy atom. The van der Waals surface area contributed by atoms with Gasteiger partial charge >= 0.3 is 0 Å². The van der Waals surface area contributed by atoms with Crippen LogP contribution in [0.4, 0.5) is 0 Å². The average Bonchev–Trinajstić information content (AvgIpc) is 2.30. The van der Waals surface area contributed by atoms with Gasteiger partial charge in [-0.25, -0.2) is 0 Å². The lowest BCUT2D eigenvalue weighted by Gasteiger charge is -2.20. The predicted octanol–water partition coefficient (Wildman–Crippen LogP) is 5.22. The number of nitrogens with one attached hydrogen (secondary N) is 1. The van der Waals surface area contributed by atoms with Crippen molar-refractivity contribution in [1.82, 2.24) is 5.32 Å². The third kappa shape index (κ3) is 4.87. The van der Waals surface area contributed by atoms with Crippen LogP contribution in [0.2, 0.25) is 10.0 Å². The zero-order valence-electron chi connectivity index (χ0n) is 10.8. The first-order valence-corrected chi connectivity index (χ1v) is 7.01. The molecule has 0 spiro atoms. The molecule has 2 unspecified atom stereocenters. The average molecular weight is 274 g/mol. The first-order chi connectivity index (χ1) is 8.04. The SMILES string of the molecule is CCCCC(C)NC(C)c1ccc(Cl)c(Cl)c1. The normalized spacial score (nSPS) is 14.6. The Balaban J connectivity index is 2.57. The Morgan fingerprint density at radius 1 is 1.18 bits per heavy atom. The van der Waals surface area contributed by atoms with E-state index in [0.29, 0.717) is 22.1 Å². The van der Waals surface area contributed by atoms with E-state index in [9.17, 15) is 0 Å². The van der Waals surface area contributed by atoms with Gasteiger partial charge in [-0.15, -0.1) is 0 Å². The molecule has 1 rings (SSSR count). The highest BCUT2D eigenvalue weighted by Gasteiger charge is 2.10. The molecule has 96 valence electrons. The van der Waals surface area contributed by atoms with Crippen molar-refractivity contribution in [1.29, 1.82) is 0 Å². The Morgan fingerprint density at radius 2 is 1.88 bits per heavy atom. The van der Waals surface area contributed by atoms with Crippen LogP contribution in [0, 0.1) is 0 Å². The van der Waals surface area contributed by atoms with Gasteiger partial charge in [0, 0.05) is 12.1 Å².